The Morgan fingerprint density at radius 2 is 1.96 bits per heavy atom. The molecule has 0 bridgehead atoms. The fourth-order valence-corrected chi connectivity index (χ4v) is 2.58. The van der Waals surface area contributed by atoms with E-state index in [1.165, 1.54) is 10.5 Å². The van der Waals surface area contributed by atoms with E-state index in [0.717, 1.165) is 11.3 Å². The zero-order chi connectivity index (χ0) is 16.6. The summed E-state index contributed by atoms with van der Waals surface area (Å²) in [6.07, 6.45) is 2.13. The molecule has 2 aromatic heterocycles. The minimum atomic E-state index is -0.162. The molecule has 2 heterocycles. The molecule has 23 heavy (non-hydrogen) atoms. The molecule has 0 aliphatic rings. The zero-order valence-electron chi connectivity index (χ0n) is 12.9. The monoisotopic (exact) mass is 329 g/mol. The lowest BCUT2D eigenvalue weighted by atomic mass is 10.2. The van der Waals surface area contributed by atoms with Crippen LogP contribution in [0.2, 0.25) is 5.02 Å². The molecular formula is C17H16ClN3O2. The predicted molar refractivity (Wildman–Crippen MR) is 89.9 cm³/mol. The first kappa shape index (κ1) is 15.5. The van der Waals surface area contributed by atoms with Gasteiger partial charge in [-0.3, -0.25) is 14.0 Å². The molecule has 1 aromatic carbocycles. The van der Waals surface area contributed by atoms with Gasteiger partial charge in [0.2, 0.25) is 5.78 Å². The second kappa shape index (κ2) is 6.01. The van der Waals surface area contributed by atoms with E-state index in [9.17, 15) is 9.59 Å². The van der Waals surface area contributed by atoms with Crippen LogP contribution in [0.15, 0.2) is 41.3 Å². The van der Waals surface area contributed by atoms with E-state index in [1.807, 2.05) is 19.1 Å². The van der Waals surface area contributed by atoms with Gasteiger partial charge in [0.05, 0.1) is 12.2 Å². The molecule has 0 fully saturated rings. The Bertz CT molecular complexity index is 939. The number of aryl methyl sites for hydroxylation is 1. The fourth-order valence-electron chi connectivity index (χ4n) is 2.45. The Morgan fingerprint density at radius 3 is 2.61 bits per heavy atom. The Morgan fingerprint density at radius 1 is 1.26 bits per heavy atom. The van der Waals surface area contributed by atoms with Gasteiger partial charge in [-0.05, 0) is 19.1 Å². The van der Waals surface area contributed by atoms with Crippen molar-refractivity contribution >= 4 is 23.2 Å². The molecule has 0 radical (unpaired) electrons. The largest absolute Gasteiger partial charge is 0.308 e. The van der Waals surface area contributed by atoms with Gasteiger partial charge >= 0.3 is 0 Å². The van der Waals surface area contributed by atoms with Crippen LogP contribution in [0.4, 0.5) is 0 Å². The summed E-state index contributed by atoms with van der Waals surface area (Å²) >= 11 is 5.91. The summed E-state index contributed by atoms with van der Waals surface area (Å²) in [7, 11) is 0. The van der Waals surface area contributed by atoms with Gasteiger partial charge in [-0.15, -0.1) is 0 Å². The normalized spacial score (nSPS) is 11.1. The molecule has 0 saturated carbocycles. The van der Waals surface area contributed by atoms with Gasteiger partial charge in [0, 0.05) is 35.0 Å². The molecule has 0 N–H and O–H groups in total. The number of rotatable bonds is 4. The maximum Gasteiger partial charge on any atom is 0.259 e. The van der Waals surface area contributed by atoms with Crippen LogP contribution in [0.5, 0.6) is 0 Å². The third-order valence-electron chi connectivity index (χ3n) is 3.79. The van der Waals surface area contributed by atoms with Crippen molar-refractivity contribution in [2.45, 2.75) is 26.8 Å². The molecule has 0 aliphatic carbocycles. The van der Waals surface area contributed by atoms with Gasteiger partial charge in [0.25, 0.3) is 5.56 Å². The first-order valence-corrected chi connectivity index (χ1v) is 7.74. The van der Waals surface area contributed by atoms with Gasteiger partial charge in [0.15, 0.2) is 5.78 Å². The number of hydrogen-bond donors (Lipinski definition) is 0. The number of imidazole rings is 1. The summed E-state index contributed by atoms with van der Waals surface area (Å²) in [6, 6.07) is 8.77. The SMILES string of the molecule is CCC(=O)Cn1c(C)cc(=O)n2cc(-c3ccc(Cl)cc3)nc12. The maximum absolute atomic E-state index is 12.2. The smallest absolute Gasteiger partial charge is 0.259 e. The Labute approximate surface area is 138 Å². The molecule has 0 saturated heterocycles. The molecule has 0 spiro atoms. The maximum atomic E-state index is 12.2. The summed E-state index contributed by atoms with van der Waals surface area (Å²) in [5.41, 5.74) is 2.09. The lowest BCUT2D eigenvalue weighted by Gasteiger charge is -2.10. The average molecular weight is 330 g/mol. The van der Waals surface area contributed by atoms with E-state index in [4.69, 9.17) is 11.6 Å². The highest BCUT2D eigenvalue weighted by atomic mass is 35.5. The number of carbonyl (C=O) groups is 1. The molecule has 0 unspecified atom stereocenters. The second-order valence-corrected chi connectivity index (χ2v) is 5.84. The van der Waals surface area contributed by atoms with Gasteiger partial charge in [-0.25, -0.2) is 4.98 Å². The highest BCUT2D eigenvalue weighted by molar-refractivity contribution is 6.30. The molecule has 3 aromatic rings. The second-order valence-electron chi connectivity index (χ2n) is 5.41. The minimum absolute atomic E-state index is 0.0923. The molecule has 5 nitrogen and oxygen atoms in total. The third kappa shape index (κ3) is 2.92. The highest BCUT2D eigenvalue weighted by Crippen LogP contribution is 2.21. The van der Waals surface area contributed by atoms with Crippen molar-refractivity contribution in [3.63, 3.8) is 0 Å². The first-order chi connectivity index (χ1) is 11.0. The topological polar surface area (TPSA) is 56.4 Å². The number of ketones is 1. The molecule has 0 atom stereocenters. The van der Waals surface area contributed by atoms with Crippen molar-refractivity contribution in [2.24, 2.45) is 0 Å². The summed E-state index contributed by atoms with van der Waals surface area (Å²) < 4.78 is 3.24. The number of carbonyl (C=O) groups excluding carboxylic acids is 1. The van der Waals surface area contributed by atoms with Crippen molar-refractivity contribution in [3.8, 4) is 11.3 Å². The standard InChI is InChI=1S/C17H16ClN3O2/c1-3-14(22)9-20-11(2)8-16(23)21-10-15(19-17(20)21)12-4-6-13(18)7-5-12/h4-8,10H,3,9H2,1-2H3. The van der Waals surface area contributed by atoms with Crippen molar-refractivity contribution in [3.05, 3.63) is 57.6 Å². The van der Waals surface area contributed by atoms with Crippen LogP contribution < -0.4 is 5.56 Å². The lowest BCUT2D eigenvalue weighted by molar-refractivity contribution is -0.119. The van der Waals surface area contributed by atoms with Crippen LogP contribution in [-0.2, 0) is 11.3 Å². The molecule has 0 amide bonds. The number of halogens is 1. The van der Waals surface area contributed by atoms with Crippen molar-refractivity contribution in [1.29, 1.82) is 0 Å². The summed E-state index contributed by atoms with van der Waals surface area (Å²) in [4.78, 5) is 28.6. The zero-order valence-corrected chi connectivity index (χ0v) is 13.7. The molecule has 3 rings (SSSR count). The van der Waals surface area contributed by atoms with Gasteiger partial charge < -0.3 is 4.57 Å². The van der Waals surface area contributed by atoms with Gasteiger partial charge in [-0.1, -0.05) is 30.7 Å². The molecular weight excluding hydrogens is 314 g/mol. The van der Waals surface area contributed by atoms with Crippen LogP contribution >= 0.6 is 11.6 Å². The minimum Gasteiger partial charge on any atom is -0.308 e. The number of Topliss-reactive ketones (excluding diaryl/α,β-unsaturated/α-hetero) is 1. The van der Waals surface area contributed by atoms with Crippen molar-refractivity contribution < 1.29 is 4.79 Å². The van der Waals surface area contributed by atoms with E-state index < -0.39 is 0 Å². The van der Waals surface area contributed by atoms with E-state index in [1.54, 1.807) is 29.8 Å². The average Bonchev–Trinajstić information content (AvgIpc) is 2.97. The van der Waals surface area contributed by atoms with Crippen LogP contribution in [0, 0.1) is 6.92 Å². The summed E-state index contributed by atoms with van der Waals surface area (Å²) in [6.45, 7) is 3.84. The van der Waals surface area contributed by atoms with E-state index >= 15 is 0 Å². The molecule has 6 heteroatoms. The Balaban J connectivity index is 2.19. The number of fused-ring (bicyclic) bond motifs is 1. The number of benzene rings is 1. The molecule has 0 aliphatic heterocycles. The van der Waals surface area contributed by atoms with E-state index in [-0.39, 0.29) is 17.9 Å². The predicted octanol–water partition coefficient (Wildman–Crippen LogP) is 3.10. The van der Waals surface area contributed by atoms with Crippen molar-refractivity contribution in [1.82, 2.24) is 14.0 Å². The molecule has 118 valence electrons. The first-order valence-electron chi connectivity index (χ1n) is 7.36. The highest BCUT2D eigenvalue weighted by Gasteiger charge is 2.13. The number of aromatic nitrogens is 3. The quantitative estimate of drug-likeness (QED) is 0.739. The van der Waals surface area contributed by atoms with Crippen LogP contribution in [0.1, 0.15) is 19.0 Å². The number of hydrogen-bond acceptors (Lipinski definition) is 3. The van der Waals surface area contributed by atoms with E-state index in [2.05, 4.69) is 4.98 Å². The van der Waals surface area contributed by atoms with E-state index in [0.29, 0.717) is 22.9 Å². The van der Waals surface area contributed by atoms with Crippen molar-refractivity contribution in [2.75, 3.05) is 0 Å². The van der Waals surface area contributed by atoms with Crippen LogP contribution in [-0.4, -0.2) is 19.7 Å². The summed E-state index contributed by atoms with van der Waals surface area (Å²) in [5.74, 6) is 0.566. The van der Waals surface area contributed by atoms with Crippen LogP contribution in [0.3, 0.4) is 0 Å². The Hall–Kier alpha value is -2.40. The van der Waals surface area contributed by atoms with Gasteiger partial charge in [0.1, 0.15) is 0 Å². The third-order valence-corrected chi connectivity index (χ3v) is 4.05. The summed E-state index contributed by atoms with van der Waals surface area (Å²) in [5, 5.41) is 0.640. The fraction of sp³-hybridized carbons (Fsp3) is 0.235. The Kier molecular flexibility index (Phi) is 4.05. The number of nitrogens with zero attached hydrogens (tertiary/aromatic N) is 3. The lowest BCUT2D eigenvalue weighted by Crippen LogP contribution is -2.21. The van der Waals surface area contributed by atoms with Crippen LogP contribution in [0.25, 0.3) is 17.0 Å². The van der Waals surface area contributed by atoms with Gasteiger partial charge in [-0.2, -0.15) is 0 Å².